The van der Waals surface area contributed by atoms with Gasteiger partial charge in [0.2, 0.25) is 11.8 Å². The Morgan fingerprint density at radius 1 is 1.00 bits per heavy atom. The zero-order valence-electron chi connectivity index (χ0n) is 15.2. The highest BCUT2D eigenvalue weighted by Crippen LogP contribution is 2.50. The number of anilines is 1. The van der Waals surface area contributed by atoms with E-state index >= 15 is 0 Å². The average molecular weight is 359 g/mol. The van der Waals surface area contributed by atoms with E-state index in [1.807, 2.05) is 36.4 Å². The first-order chi connectivity index (χ1) is 13.2. The quantitative estimate of drug-likeness (QED) is 0.765. The van der Waals surface area contributed by atoms with Gasteiger partial charge in [-0.25, -0.2) is 0 Å². The predicted molar refractivity (Wildman–Crippen MR) is 103 cm³/mol. The SMILES string of the molecule is COc1ccc2c(c1)CC[C@H]1C2=CC[C@H]2C(=O)N(c3ccccc3)C(=O)[C@H]21. The molecule has 0 radical (unpaired) electrons. The van der Waals surface area contributed by atoms with Crippen LogP contribution in [0.25, 0.3) is 5.57 Å². The minimum absolute atomic E-state index is 0.0382. The van der Waals surface area contributed by atoms with Gasteiger partial charge in [0, 0.05) is 0 Å². The lowest BCUT2D eigenvalue weighted by Crippen LogP contribution is -2.34. The van der Waals surface area contributed by atoms with Crippen LogP contribution in [0.5, 0.6) is 5.75 Å². The zero-order chi connectivity index (χ0) is 18.5. The Balaban J connectivity index is 1.53. The highest BCUT2D eigenvalue weighted by atomic mass is 16.5. The molecule has 2 aromatic rings. The third-order valence-corrected chi connectivity index (χ3v) is 6.26. The fraction of sp³-hybridized carbons (Fsp3) is 0.304. The fourth-order valence-electron chi connectivity index (χ4n) is 5.02. The number of hydrogen-bond donors (Lipinski definition) is 0. The lowest BCUT2D eigenvalue weighted by atomic mass is 9.66. The van der Waals surface area contributed by atoms with Crippen molar-refractivity contribution in [3.05, 3.63) is 65.7 Å². The summed E-state index contributed by atoms with van der Waals surface area (Å²) in [5.74, 6) is 0.425. The van der Waals surface area contributed by atoms with Crippen molar-refractivity contribution in [3.63, 3.8) is 0 Å². The van der Waals surface area contributed by atoms with E-state index in [1.165, 1.54) is 21.6 Å². The minimum atomic E-state index is -0.243. The van der Waals surface area contributed by atoms with Gasteiger partial charge in [-0.3, -0.25) is 14.5 Å². The third-order valence-electron chi connectivity index (χ3n) is 6.26. The maximum atomic E-state index is 13.3. The summed E-state index contributed by atoms with van der Waals surface area (Å²) in [7, 11) is 1.68. The summed E-state index contributed by atoms with van der Waals surface area (Å²) in [6, 6.07) is 15.5. The van der Waals surface area contributed by atoms with Crippen molar-refractivity contribution in [2.45, 2.75) is 19.3 Å². The lowest BCUT2D eigenvalue weighted by molar-refractivity contribution is -0.122. The van der Waals surface area contributed by atoms with Crippen molar-refractivity contribution in [3.8, 4) is 5.75 Å². The molecule has 0 spiro atoms. The van der Waals surface area contributed by atoms with Gasteiger partial charge in [0.25, 0.3) is 0 Å². The van der Waals surface area contributed by atoms with Crippen molar-refractivity contribution >= 4 is 23.1 Å². The Morgan fingerprint density at radius 3 is 2.59 bits per heavy atom. The van der Waals surface area contributed by atoms with E-state index in [0.29, 0.717) is 12.1 Å². The molecule has 2 aromatic carbocycles. The number of amides is 2. The number of ether oxygens (including phenoxy) is 1. The van der Waals surface area contributed by atoms with E-state index in [1.54, 1.807) is 7.11 Å². The molecule has 0 unspecified atom stereocenters. The van der Waals surface area contributed by atoms with E-state index in [9.17, 15) is 9.59 Å². The van der Waals surface area contributed by atoms with Crippen molar-refractivity contribution in [2.24, 2.45) is 17.8 Å². The maximum absolute atomic E-state index is 13.3. The summed E-state index contributed by atoms with van der Waals surface area (Å²) >= 11 is 0. The predicted octanol–water partition coefficient (Wildman–Crippen LogP) is 3.85. The third kappa shape index (κ3) is 2.36. The second-order valence-corrected chi connectivity index (χ2v) is 7.54. The van der Waals surface area contributed by atoms with Gasteiger partial charge < -0.3 is 4.74 Å². The first kappa shape index (κ1) is 16.3. The van der Waals surface area contributed by atoms with Gasteiger partial charge >= 0.3 is 0 Å². The number of hydrogen-bond acceptors (Lipinski definition) is 3. The van der Waals surface area contributed by atoms with Crippen LogP contribution >= 0.6 is 0 Å². The molecule has 1 aliphatic heterocycles. The van der Waals surface area contributed by atoms with Gasteiger partial charge in [0.05, 0.1) is 24.6 Å². The fourth-order valence-corrected chi connectivity index (χ4v) is 5.02. The Kier molecular flexibility index (Phi) is 3.67. The number of aryl methyl sites for hydroxylation is 1. The molecule has 0 saturated carbocycles. The molecule has 5 rings (SSSR count). The molecule has 2 aliphatic carbocycles. The van der Waals surface area contributed by atoms with Gasteiger partial charge in [-0.15, -0.1) is 0 Å². The number of allylic oxidation sites excluding steroid dienone is 2. The summed E-state index contributed by atoms with van der Waals surface area (Å²) in [5, 5.41) is 0. The summed E-state index contributed by atoms with van der Waals surface area (Å²) in [4.78, 5) is 27.7. The van der Waals surface area contributed by atoms with E-state index in [4.69, 9.17) is 4.74 Å². The summed E-state index contributed by atoms with van der Waals surface area (Å²) in [6.45, 7) is 0. The molecule has 1 heterocycles. The average Bonchev–Trinajstić information content (AvgIpc) is 2.98. The van der Waals surface area contributed by atoms with Crippen LogP contribution in [0.4, 0.5) is 5.69 Å². The molecule has 1 saturated heterocycles. The van der Waals surface area contributed by atoms with E-state index in [0.717, 1.165) is 18.6 Å². The van der Waals surface area contributed by atoms with Crippen LogP contribution in [0.2, 0.25) is 0 Å². The molecule has 27 heavy (non-hydrogen) atoms. The number of methoxy groups -OCH3 is 1. The molecule has 4 heteroatoms. The van der Waals surface area contributed by atoms with Crippen molar-refractivity contribution < 1.29 is 14.3 Å². The van der Waals surface area contributed by atoms with Gasteiger partial charge in [-0.1, -0.05) is 30.3 Å². The highest BCUT2D eigenvalue weighted by Gasteiger charge is 2.53. The second-order valence-electron chi connectivity index (χ2n) is 7.54. The molecule has 1 fully saturated rings. The lowest BCUT2D eigenvalue weighted by Gasteiger charge is -2.36. The van der Waals surface area contributed by atoms with Gasteiger partial charge in [-0.05, 0) is 66.1 Å². The Bertz CT molecular complexity index is 963. The standard InChI is InChI=1S/C23H21NO3/c1-27-16-8-10-17-14(13-16)7-9-19-18(17)11-12-20-21(19)23(26)24(22(20)25)15-5-3-2-4-6-15/h2-6,8,10-11,13,19-21H,7,9,12H2,1H3/t19-,20+,21-/m0/s1. The maximum Gasteiger partial charge on any atom is 0.238 e. The zero-order valence-corrected chi connectivity index (χ0v) is 15.2. The summed E-state index contributed by atoms with van der Waals surface area (Å²) in [6.07, 6.45) is 4.63. The number of benzene rings is 2. The number of fused-ring (bicyclic) bond motifs is 5. The van der Waals surface area contributed by atoms with Crippen LogP contribution in [0.3, 0.4) is 0 Å². The number of para-hydroxylation sites is 1. The summed E-state index contributed by atoms with van der Waals surface area (Å²) < 4.78 is 5.35. The smallest absolute Gasteiger partial charge is 0.238 e. The first-order valence-corrected chi connectivity index (χ1v) is 9.49. The molecule has 0 bridgehead atoms. The van der Waals surface area contributed by atoms with Crippen LogP contribution in [-0.4, -0.2) is 18.9 Å². The largest absolute Gasteiger partial charge is 0.497 e. The van der Waals surface area contributed by atoms with E-state index < -0.39 is 0 Å². The number of carbonyl (C=O) groups is 2. The molecule has 0 N–H and O–H groups in total. The molecule has 2 amide bonds. The monoisotopic (exact) mass is 359 g/mol. The van der Waals surface area contributed by atoms with Crippen LogP contribution in [0, 0.1) is 17.8 Å². The topological polar surface area (TPSA) is 46.6 Å². The number of imide groups is 1. The van der Waals surface area contributed by atoms with Crippen molar-refractivity contribution in [1.82, 2.24) is 0 Å². The molecule has 4 nitrogen and oxygen atoms in total. The molecular weight excluding hydrogens is 338 g/mol. The van der Waals surface area contributed by atoms with Crippen LogP contribution in [-0.2, 0) is 16.0 Å². The van der Waals surface area contributed by atoms with Gasteiger partial charge in [-0.2, -0.15) is 0 Å². The molecule has 136 valence electrons. The van der Waals surface area contributed by atoms with Gasteiger partial charge in [0.1, 0.15) is 5.75 Å². The van der Waals surface area contributed by atoms with Crippen molar-refractivity contribution in [2.75, 3.05) is 12.0 Å². The van der Waals surface area contributed by atoms with Crippen LogP contribution < -0.4 is 9.64 Å². The second kappa shape index (κ2) is 6.08. The number of carbonyl (C=O) groups excluding carboxylic acids is 2. The first-order valence-electron chi connectivity index (χ1n) is 9.49. The Morgan fingerprint density at radius 2 is 1.81 bits per heavy atom. The van der Waals surface area contributed by atoms with Crippen molar-refractivity contribution in [1.29, 1.82) is 0 Å². The minimum Gasteiger partial charge on any atom is -0.497 e. The highest BCUT2D eigenvalue weighted by molar-refractivity contribution is 6.22. The Labute approximate surface area is 158 Å². The normalized spacial score (nSPS) is 26.2. The molecular formula is C23H21NO3. The molecule has 3 atom stereocenters. The number of nitrogens with zero attached hydrogens (tertiary/aromatic N) is 1. The Hall–Kier alpha value is -2.88. The summed E-state index contributed by atoms with van der Waals surface area (Å²) in [5.41, 5.74) is 4.40. The van der Waals surface area contributed by atoms with Gasteiger partial charge in [0.15, 0.2) is 0 Å². The molecule has 3 aliphatic rings. The van der Waals surface area contributed by atoms with Crippen LogP contribution in [0.1, 0.15) is 24.0 Å². The van der Waals surface area contributed by atoms with E-state index in [2.05, 4.69) is 18.2 Å². The molecule has 0 aromatic heterocycles. The number of rotatable bonds is 2. The van der Waals surface area contributed by atoms with E-state index in [-0.39, 0.29) is 29.6 Å². The van der Waals surface area contributed by atoms with Crippen LogP contribution in [0.15, 0.2) is 54.6 Å².